The van der Waals surface area contributed by atoms with E-state index in [2.05, 4.69) is 56.2 Å². The minimum Gasteiger partial charge on any atom is -0.316 e. The van der Waals surface area contributed by atoms with E-state index in [0.717, 1.165) is 5.92 Å². The van der Waals surface area contributed by atoms with E-state index in [4.69, 9.17) is 0 Å². The lowest BCUT2D eigenvalue weighted by atomic mass is 9.92. The molecule has 1 aliphatic heterocycles. The van der Waals surface area contributed by atoms with E-state index in [1.807, 2.05) is 0 Å². The lowest BCUT2D eigenvalue weighted by molar-refractivity contribution is 0.404. The fraction of sp³-hybridized carbons (Fsp3) is 0.600. The maximum atomic E-state index is 3.52. The van der Waals surface area contributed by atoms with Gasteiger partial charge < -0.3 is 5.32 Å². The minimum atomic E-state index is 0.645. The van der Waals surface area contributed by atoms with Crippen LogP contribution in [0.5, 0.6) is 0 Å². The Kier molecular flexibility index (Phi) is 4.52. The molecular formula is C15H23NS. The molecule has 2 atom stereocenters. The number of hydrogen-bond donors (Lipinski definition) is 1. The molecular weight excluding hydrogens is 226 g/mol. The second-order valence-electron chi connectivity index (χ2n) is 5.22. The molecule has 1 N–H and O–H groups in total. The molecule has 2 heteroatoms. The fourth-order valence-corrected chi connectivity index (χ4v) is 4.15. The quantitative estimate of drug-likeness (QED) is 0.879. The monoisotopic (exact) mass is 249 g/mol. The normalized spacial score (nSPS) is 21.7. The first-order valence-corrected chi connectivity index (χ1v) is 7.66. The van der Waals surface area contributed by atoms with Crippen molar-refractivity contribution in [2.24, 2.45) is 5.92 Å². The van der Waals surface area contributed by atoms with Crippen molar-refractivity contribution >= 4 is 11.8 Å². The van der Waals surface area contributed by atoms with E-state index < -0.39 is 0 Å². The van der Waals surface area contributed by atoms with E-state index in [-0.39, 0.29) is 0 Å². The van der Waals surface area contributed by atoms with Gasteiger partial charge in [-0.15, -0.1) is 0 Å². The van der Waals surface area contributed by atoms with Crippen LogP contribution in [0.25, 0.3) is 0 Å². The molecule has 2 rings (SSSR count). The average molecular weight is 249 g/mol. The lowest BCUT2D eigenvalue weighted by Gasteiger charge is -2.22. The maximum Gasteiger partial charge on any atom is 0.0141 e. The Balaban J connectivity index is 2.06. The van der Waals surface area contributed by atoms with Crippen LogP contribution in [0.15, 0.2) is 18.2 Å². The molecule has 1 aliphatic rings. The summed E-state index contributed by atoms with van der Waals surface area (Å²) < 4.78 is 0. The Morgan fingerprint density at radius 1 is 1.29 bits per heavy atom. The molecule has 1 heterocycles. The van der Waals surface area contributed by atoms with E-state index >= 15 is 0 Å². The summed E-state index contributed by atoms with van der Waals surface area (Å²) in [4.78, 5) is 0. The molecule has 0 radical (unpaired) electrons. The van der Waals surface area contributed by atoms with Crippen molar-refractivity contribution < 1.29 is 0 Å². The Morgan fingerprint density at radius 3 is 2.53 bits per heavy atom. The molecule has 94 valence electrons. The van der Waals surface area contributed by atoms with Gasteiger partial charge in [-0.05, 0) is 56.7 Å². The van der Waals surface area contributed by atoms with Crippen molar-refractivity contribution in [1.29, 1.82) is 0 Å². The van der Waals surface area contributed by atoms with Gasteiger partial charge in [0.1, 0.15) is 0 Å². The zero-order valence-electron chi connectivity index (χ0n) is 11.1. The van der Waals surface area contributed by atoms with Crippen molar-refractivity contribution in [1.82, 2.24) is 5.32 Å². The molecule has 0 aliphatic carbocycles. The van der Waals surface area contributed by atoms with E-state index in [1.54, 1.807) is 0 Å². The third-order valence-corrected chi connectivity index (χ3v) is 4.83. The standard InChI is InChI=1S/C15H23NS/c1-11-6-12(2)8-13(7-11)9-15(16-3)14-4-5-17-10-14/h6-8,14-16H,4-5,9-10H2,1-3H3. The smallest absolute Gasteiger partial charge is 0.0141 e. The van der Waals surface area contributed by atoms with Crippen LogP contribution in [0.1, 0.15) is 23.1 Å². The van der Waals surface area contributed by atoms with Crippen molar-refractivity contribution in [3.8, 4) is 0 Å². The summed E-state index contributed by atoms with van der Waals surface area (Å²) in [6, 6.07) is 7.56. The zero-order valence-corrected chi connectivity index (χ0v) is 11.9. The average Bonchev–Trinajstić information content (AvgIpc) is 2.77. The molecule has 0 aromatic heterocycles. The summed E-state index contributed by atoms with van der Waals surface area (Å²) in [5, 5.41) is 3.52. The predicted molar refractivity (Wildman–Crippen MR) is 77.9 cm³/mol. The fourth-order valence-electron chi connectivity index (χ4n) is 2.82. The third kappa shape index (κ3) is 3.49. The Bertz CT molecular complexity index is 349. The Hall–Kier alpha value is -0.470. The predicted octanol–water partition coefficient (Wildman–Crippen LogP) is 3.19. The number of aryl methyl sites for hydroxylation is 2. The van der Waals surface area contributed by atoms with Gasteiger partial charge in [-0.1, -0.05) is 29.3 Å². The Labute approximate surface area is 109 Å². The number of benzene rings is 1. The summed E-state index contributed by atoms with van der Waals surface area (Å²) in [7, 11) is 2.11. The number of rotatable bonds is 4. The molecule has 1 fully saturated rings. The summed E-state index contributed by atoms with van der Waals surface area (Å²) in [5.41, 5.74) is 4.25. The first kappa shape index (κ1) is 13.0. The van der Waals surface area contributed by atoms with Crippen molar-refractivity contribution in [2.75, 3.05) is 18.6 Å². The van der Waals surface area contributed by atoms with Crippen LogP contribution in [0.3, 0.4) is 0 Å². The second-order valence-corrected chi connectivity index (χ2v) is 6.37. The molecule has 1 nitrogen and oxygen atoms in total. The number of likely N-dealkylation sites (N-methyl/N-ethyl adjacent to an activating group) is 1. The van der Waals surface area contributed by atoms with Crippen LogP contribution < -0.4 is 5.32 Å². The van der Waals surface area contributed by atoms with Crippen LogP contribution in [0.4, 0.5) is 0 Å². The molecule has 2 unspecified atom stereocenters. The molecule has 0 spiro atoms. The molecule has 0 bridgehead atoms. The molecule has 0 amide bonds. The molecule has 0 saturated carbocycles. The highest BCUT2D eigenvalue weighted by molar-refractivity contribution is 7.99. The SMILES string of the molecule is CNC(Cc1cc(C)cc(C)c1)C1CCSC1. The molecule has 1 saturated heterocycles. The van der Waals surface area contributed by atoms with Crippen LogP contribution >= 0.6 is 11.8 Å². The van der Waals surface area contributed by atoms with Crippen LogP contribution in [-0.4, -0.2) is 24.6 Å². The van der Waals surface area contributed by atoms with Gasteiger partial charge in [0.25, 0.3) is 0 Å². The van der Waals surface area contributed by atoms with Crippen LogP contribution in [0, 0.1) is 19.8 Å². The van der Waals surface area contributed by atoms with Crippen molar-refractivity contribution in [2.45, 2.75) is 32.7 Å². The first-order valence-electron chi connectivity index (χ1n) is 6.51. The summed E-state index contributed by atoms with van der Waals surface area (Å²) in [6.07, 6.45) is 2.55. The topological polar surface area (TPSA) is 12.0 Å². The van der Waals surface area contributed by atoms with Gasteiger partial charge in [-0.25, -0.2) is 0 Å². The van der Waals surface area contributed by atoms with Gasteiger partial charge in [-0.2, -0.15) is 11.8 Å². The first-order chi connectivity index (χ1) is 8.19. The van der Waals surface area contributed by atoms with Gasteiger partial charge in [0.2, 0.25) is 0 Å². The highest BCUT2D eigenvalue weighted by atomic mass is 32.2. The third-order valence-electron chi connectivity index (χ3n) is 3.64. The highest BCUT2D eigenvalue weighted by Gasteiger charge is 2.24. The van der Waals surface area contributed by atoms with Crippen molar-refractivity contribution in [3.05, 3.63) is 34.9 Å². The number of hydrogen-bond acceptors (Lipinski definition) is 2. The highest BCUT2D eigenvalue weighted by Crippen LogP contribution is 2.27. The zero-order chi connectivity index (χ0) is 12.3. The number of nitrogens with one attached hydrogen (secondary N) is 1. The van der Waals surface area contributed by atoms with Crippen LogP contribution in [-0.2, 0) is 6.42 Å². The Morgan fingerprint density at radius 2 is 2.00 bits per heavy atom. The van der Waals surface area contributed by atoms with Gasteiger partial charge in [0.15, 0.2) is 0 Å². The minimum absolute atomic E-state index is 0.645. The largest absolute Gasteiger partial charge is 0.316 e. The van der Waals surface area contributed by atoms with E-state index in [1.165, 1.54) is 41.0 Å². The summed E-state index contributed by atoms with van der Waals surface area (Å²) >= 11 is 2.10. The van der Waals surface area contributed by atoms with Crippen LogP contribution in [0.2, 0.25) is 0 Å². The maximum absolute atomic E-state index is 3.52. The molecule has 1 aromatic rings. The van der Waals surface area contributed by atoms with Crippen molar-refractivity contribution in [3.63, 3.8) is 0 Å². The lowest BCUT2D eigenvalue weighted by Crippen LogP contribution is -2.35. The van der Waals surface area contributed by atoms with Gasteiger partial charge in [0, 0.05) is 6.04 Å². The van der Waals surface area contributed by atoms with E-state index in [9.17, 15) is 0 Å². The number of thioether (sulfide) groups is 1. The molecule has 1 aromatic carbocycles. The van der Waals surface area contributed by atoms with Gasteiger partial charge in [-0.3, -0.25) is 0 Å². The van der Waals surface area contributed by atoms with Gasteiger partial charge in [0.05, 0.1) is 0 Å². The summed E-state index contributed by atoms with van der Waals surface area (Å²) in [6.45, 7) is 4.38. The van der Waals surface area contributed by atoms with E-state index in [0.29, 0.717) is 6.04 Å². The van der Waals surface area contributed by atoms with Gasteiger partial charge >= 0.3 is 0 Å². The second kappa shape index (κ2) is 5.92. The molecule has 17 heavy (non-hydrogen) atoms. The summed E-state index contributed by atoms with van der Waals surface area (Å²) in [5.74, 6) is 3.53.